The molecular formula is C15H15BrN4O2S. The molecule has 0 saturated carbocycles. The largest absolute Gasteiger partial charge is 0.369 e. The standard InChI is InChI=1S/C15H15BrN4O2S/c16-11-3-1-9(2-4-11)12-13(23-19-18-12)15(22)20-7-5-10(6-8-20)14(17)21/h1-4,10H,5-8H2,(H2,17,21). The highest BCUT2D eigenvalue weighted by atomic mass is 79.9. The number of amides is 2. The molecule has 0 bridgehead atoms. The number of aromatic nitrogens is 2. The molecule has 1 aromatic carbocycles. The number of nitrogens with two attached hydrogens (primary N) is 1. The summed E-state index contributed by atoms with van der Waals surface area (Å²) in [5, 5.41) is 4.11. The number of carbonyl (C=O) groups is 2. The number of halogens is 1. The summed E-state index contributed by atoms with van der Waals surface area (Å²) in [6, 6.07) is 7.61. The molecule has 2 amide bonds. The summed E-state index contributed by atoms with van der Waals surface area (Å²) in [4.78, 5) is 26.2. The van der Waals surface area contributed by atoms with Crippen LogP contribution in [0.25, 0.3) is 11.3 Å². The van der Waals surface area contributed by atoms with E-state index in [-0.39, 0.29) is 17.7 Å². The highest BCUT2D eigenvalue weighted by Crippen LogP contribution is 2.28. The molecule has 3 rings (SSSR count). The lowest BCUT2D eigenvalue weighted by Crippen LogP contribution is -2.41. The Balaban J connectivity index is 1.78. The second kappa shape index (κ2) is 6.76. The van der Waals surface area contributed by atoms with Crippen molar-refractivity contribution in [3.05, 3.63) is 33.6 Å². The van der Waals surface area contributed by atoms with Crippen molar-refractivity contribution in [2.45, 2.75) is 12.8 Å². The van der Waals surface area contributed by atoms with E-state index in [1.54, 1.807) is 4.90 Å². The van der Waals surface area contributed by atoms with Crippen molar-refractivity contribution in [1.29, 1.82) is 0 Å². The molecule has 8 heteroatoms. The van der Waals surface area contributed by atoms with Gasteiger partial charge in [0.25, 0.3) is 5.91 Å². The second-order valence-electron chi connectivity index (χ2n) is 5.43. The Morgan fingerprint density at radius 3 is 2.48 bits per heavy atom. The number of nitrogens with zero attached hydrogens (tertiary/aromatic N) is 3. The summed E-state index contributed by atoms with van der Waals surface area (Å²) in [7, 11) is 0. The van der Waals surface area contributed by atoms with E-state index >= 15 is 0 Å². The molecule has 1 aliphatic heterocycles. The van der Waals surface area contributed by atoms with E-state index in [1.807, 2.05) is 24.3 Å². The monoisotopic (exact) mass is 394 g/mol. The van der Waals surface area contributed by atoms with Crippen LogP contribution in [-0.4, -0.2) is 39.4 Å². The van der Waals surface area contributed by atoms with E-state index in [0.29, 0.717) is 36.5 Å². The molecule has 2 N–H and O–H groups in total. The number of piperidine rings is 1. The molecule has 1 fully saturated rings. The zero-order valence-corrected chi connectivity index (χ0v) is 14.6. The van der Waals surface area contributed by atoms with Gasteiger partial charge in [-0.3, -0.25) is 9.59 Å². The fourth-order valence-electron chi connectivity index (χ4n) is 2.64. The van der Waals surface area contributed by atoms with E-state index in [1.165, 1.54) is 0 Å². The predicted octanol–water partition coefficient (Wildman–Crippen LogP) is 2.31. The number of carbonyl (C=O) groups excluding carboxylic acids is 2. The third kappa shape index (κ3) is 3.42. The molecule has 1 aromatic heterocycles. The molecule has 0 unspecified atom stereocenters. The second-order valence-corrected chi connectivity index (χ2v) is 7.10. The van der Waals surface area contributed by atoms with Gasteiger partial charge in [-0.25, -0.2) is 0 Å². The van der Waals surface area contributed by atoms with Gasteiger partial charge in [-0.05, 0) is 36.5 Å². The predicted molar refractivity (Wildman–Crippen MR) is 90.9 cm³/mol. The summed E-state index contributed by atoms with van der Waals surface area (Å²) in [5.74, 6) is -0.502. The summed E-state index contributed by atoms with van der Waals surface area (Å²) < 4.78 is 4.90. The van der Waals surface area contributed by atoms with Crippen molar-refractivity contribution >= 4 is 39.3 Å². The van der Waals surface area contributed by atoms with Gasteiger partial charge in [0.15, 0.2) is 0 Å². The molecule has 120 valence electrons. The lowest BCUT2D eigenvalue weighted by Gasteiger charge is -2.30. The normalized spacial score (nSPS) is 15.6. The van der Waals surface area contributed by atoms with Gasteiger partial charge >= 0.3 is 0 Å². The Morgan fingerprint density at radius 2 is 1.87 bits per heavy atom. The Kier molecular flexibility index (Phi) is 4.72. The number of primary amides is 1. The molecule has 2 heterocycles. The molecule has 0 atom stereocenters. The average molecular weight is 395 g/mol. The third-order valence-corrected chi connectivity index (χ3v) is 5.23. The van der Waals surface area contributed by atoms with Crippen molar-refractivity contribution in [3.8, 4) is 11.3 Å². The first-order valence-corrected chi connectivity index (χ1v) is 8.80. The Bertz CT molecular complexity index is 723. The Labute approximate surface area is 146 Å². The summed E-state index contributed by atoms with van der Waals surface area (Å²) in [5.41, 5.74) is 6.79. The van der Waals surface area contributed by atoms with Crippen LogP contribution in [0.4, 0.5) is 0 Å². The molecule has 23 heavy (non-hydrogen) atoms. The fourth-order valence-corrected chi connectivity index (χ4v) is 3.56. The first-order valence-electron chi connectivity index (χ1n) is 7.23. The van der Waals surface area contributed by atoms with Crippen molar-refractivity contribution in [3.63, 3.8) is 0 Å². The van der Waals surface area contributed by atoms with Crippen molar-refractivity contribution in [2.75, 3.05) is 13.1 Å². The van der Waals surface area contributed by atoms with Gasteiger partial charge < -0.3 is 10.6 Å². The molecule has 1 aliphatic rings. The first-order chi connectivity index (χ1) is 11.1. The third-order valence-electron chi connectivity index (χ3n) is 3.98. The Morgan fingerprint density at radius 1 is 1.22 bits per heavy atom. The molecule has 0 radical (unpaired) electrons. The molecule has 6 nitrogen and oxygen atoms in total. The van der Waals surface area contributed by atoms with Crippen LogP contribution in [0.3, 0.4) is 0 Å². The van der Waals surface area contributed by atoms with Gasteiger partial charge in [-0.2, -0.15) is 0 Å². The van der Waals surface area contributed by atoms with Gasteiger partial charge in [0.1, 0.15) is 10.6 Å². The van der Waals surface area contributed by atoms with Crippen LogP contribution in [0.2, 0.25) is 0 Å². The molecule has 1 saturated heterocycles. The highest BCUT2D eigenvalue weighted by molar-refractivity contribution is 9.10. The molecular weight excluding hydrogens is 380 g/mol. The number of likely N-dealkylation sites (tertiary alicyclic amines) is 1. The van der Waals surface area contributed by atoms with Gasteiger partial charge in [-0.15, -0.1) is 5.10 Å². The summed E-state index contributed by atoms with van der Waals surface area (Å²) in [6.07, 6.45) is 1.22. The van der Waals surface area contributed by atoms with E-state index in [2.05, 4.69) is 25.5 Å². The minimum Gasteiger partial charge on any atom is -0.369 e. The molecule has 2 aromatic rings. The number of benzene rings is 1. The van der Waals surface area contributed by atoms with Gasteiger partial charge in [0.05, 0.1) is 0 Å². The van der Waals surface area contributed by atoms with Crippen molar-refractivity contribution in [2.24, 2.45) is 11.7 Å². The van der Waals surface area contributed by atoms with E-state index < -0.39 is 0 Å². The van der Waals surface area contributed by atoms with Gasteiger partial charge in [-0.1, -0.05) is 32.6 Å². The maximum Gasteiger partial charge on any atom is 0.267 e. The van der Waals surface area contributed by atoms with E-state index in [4.69, 9.17) is 5.73 Å². The van der Waals surface area contributed by atoms with Crippen LogP contribution >= 0.6 is 27.5 Å². The van der Waals surface area contributed by atoms with E-state index in [0.717, 1.165) is 21.6 Å². The quantitative estimate of drug-likeness (QED) is 0.864. The topological polar surface area (TPSA) is 89.2 Å². The average Bonchev–Trinajstić information content (AvgIpc) is 3.04. The highest BCUT2D eigenvalue weighted by Gasteiger charge is 2.29. The zero-order chi connectivity index (χ0) is 16.4. The number of hydrogen-bond donors (Lipinski definition) is 1. The summed E-state index contributed by atoms with van der Waals surface area (Å²) in [6.45, 7) is 1.06. The molecule has 0 aliphatic carbocycles. The SMILES string of the molecule is NC(=O)C1CCN(C(=O)c2snnc2-c2ccc(Br)cc2)CC1. The van der Waals surface area contributed by atoms with Crippen LogP contribution in [0, 0.1) is 5.92 Å². The lowest BCUT2D eigenvalue weighted by atomic mass is 9.96. The van der Waals surface area contributed by atoms with Crippen molar-refractivity contribution in [1.82, 2.24) is 14.5 Å². The van der Waals surface area contributed by atoms with Crippen LogP contribution in [0.15, 0.2) is 28.7 Å². The summed E-state index contributed by atoms with van der Waals surface area (Å²) >= 11 is 4.49. The van der Waals surface area contributed by atoms with Crippen LogP contribution < -0.4 is 5.73 Å². The van der Waals surface area contributed by atoms with Crippen molar-refractivity contribution < 1.29 is 9.59 Å². The van der Waals surface area contributed by atoms with Gasteiger partial charge in [0, 0.05) is 29.0 Å². The van der Waals surface area contributed by atoms with Gasteiger partial charge in [0.2, 0.25) is 5.91 Å². The maximum absolute atomic E-state index is 12.7. The van der Waals surface area contributed by atoms with Crippen LogP contribution in [-0.2, 0) is 4.79 Å². The van der Waals surface area contributed by atoms with E-state index in [9.17, 15) is 9.59 Å². The lowest BCUT2D eigenvalue weighted by molar-refractivity contribution is -0.123. The fraction of sp³-hybridized carbons (Fsp3) is 0.333. The van der Waals surface area contributed by atoms with Crippen LogP contribution in [0.1, 0.15) is 22.5 Å². The number of hydrogen-bond acceptors (Lipinski definition) is 5. The van der Waals surface area contributed by atoms with Crippen LogP contribution in [0.5, 0.6) is 0 Å². The zero-order valence-electron chi connectivity index (χ0n) is 12.2. The maximum atomic E-state index is 12.7. The Hall–Kier alpha value is -1.80. The molecule has 0 spiro atoms. The number of rotatable bonds is 3. The smallest absolute Gasteiger partial charge is 0.267 e. The minimum absolute atomic E-state index is 0.0826. The minimum atomic E-state index is -0.285. The first kappa shape index (κ1) is 16.1.